The maximum atomic E-state index is 11.3. The molecule has 12 heteroatoms. The van der Waals surface area contributed by atoms with Gasteiger partial charge in [-0.25, -0.2) is 8.42 Å². The number of carbonyl (C=O) groups excluding carboxylic acids is 1. The van der Waals surface area contributed by atoms with E-state index in [4.69, 9.17) is 8.85 Å². The standard InChI is InChI=1S/C8H15NO9S.Na/c1-3(10)9-5-7(12)6(11)4(18-8(5)13)2-17-19(14,15)16;/h4-8,11-13H,2H2,1H3,(H,9,10)(H,14,15,16);/q;+1/p-1/t4?,5-,6+,7+,8+;/m0./s1/i1D3;. The van der Waals surface area contributed by atoms with Gasteiger partial charge in [-0.15, -0.1) is 0 Å². The van der Waals surface area contributed by atoms with Crippen molar-refractivity contribution in [2.75, 3.05) is 6.61 Å². The molecule has 0 saturated carbocycles. The van der Waals surface area contributed by atoms with Crippen molar-refractivity contribution in [2.24, 2.45) is 0 Å². The van der Waals surface area contributed by atoms with Gasteiger partial charge in [0.2, 0.25) is 16.3 Å². The third kappa shape index (κ3) is 5.89. The molecule has 0 bridgehead atoms. The third-order valence-electron chi connectivity index (χ3n) is 2.39. The van der Waals surface area contributed by atoms with Crippen LogP contribution in [0.2, 0.25) is 0 Å². The van der Waals surface area contributed by atoms with E-state index in [0.29, 0.717) is 0 Å². The fourth-order valence-corrected chi connectivity index (χ4v) is 1.84. The molecule has 0 spiro atoms. The Bertz CT molecular complexity index is 515. The molecule has 0 aromatic heterocycles. The van der Waals surface area contributed by atoms with Crippen LogP contribution in [0.5, 0.6) is 0 Å². The minimum absolute atomic E-state index is 0. The van der Waals surface area contributed by atoms with Gasteiger partial charge in [0.25, 0.3) is 0 Å². The Morgan fingerprint density at radius 1 is 1.45 bits per heavy atom. The second-order valence-corrected chi connectivity index (χ2v) is 4.79. The molecule has 0 aliphatic carbocycles. The smallest absolute Gasteiger partial charge is 0.726 e. The summed E-state index contributed by atoms with van der Waals surface area (Å²) < 4.78 is 60.0. The van der Waals surface area contributed by atoms with E-state index in [1.807, 2.05) is 0 Å². The van der Waals surface area contributed by atoms with Gasteiger partial charge in [0.05, 0.1) is 6.61 Å². The van der Waals surface area contributed by atoms with E-state index in [1.165, 1.54) is 0 Å². The minimum atomic E-state index is -5.08. The van der Waals surface area contributed by atoms with Crippen molar-refractivity contribution in [3.05, 3.63) is 0 Å². The van der Waals surface area contributed by atoms with Crippen LogP contribution >= 0.6 is 0 Å². The van der Waals surface area contributed by atoms with Crippen LogP contribution in [0.3, 0.4) is 0 Å². The summed E-state index contributed by atoms with van der Waals surface area (Å²) in [7, 11) is -5.08. The molecule has 10 nitrogen and oxygen atoms in total. The van der Waals surface area contributed by atoms with Crippen molar-refractivity contribution < 1.29 is 75.7 Å². The van der Waals surface area contributed by atoms with Gasteiger partial charge in [0.1, 0.15) is 24.4 Å². The minimum Gasteiger partial charge on any atom is -0.726 e. The first-order valence-electron chi connectivity index (χ1n) is 6.44. The number of amides is 1. The van der Waals surface area contributed by atoms with Crippen molar-refractivity contribution in [1.29, 1.82) is 0 Å². The summed E-state index contributed by atoms with van der Waals surface area (Å²) in [4.78, 5) is 11.3. The Kier molecular flexibility index (Phi) is 6.02. The molecule has 1 aliphatic heterocycles. The van der Waals surface area contributed by atoms with Crippen LogP contribution in [-0.2, 0) is 24.1 Å². The summed E-state index contributed by atoms with van der Waals surface area (Å²) in [6, 6.07) is -1.68. The molecule has 0 aromatic carbocycles. The van der Waals surface area contributed by atoms with E-state index < -0.39 is 60.4 Å². The fourth-order valence-electron chi connectivity index (χ4n) is 1.54. The maximum absolute atomic E-state index is 11.3. The molecule has 1 heterocycles. The number of hydrogen-bond donors (Lipinski definition) is 4. The summed E-state index contributed by atoms with van der Waals surface area (Å²) in [5, 5.41) is 30.8. The van der Waals surface area contributed by atoms with E-state index in [9.17, 15) is 33.1 Å². The predicted molar refractivity (Wildman–Crippen MR) is 56.1 cm³/mol. The first-order chi connectivity index (χ1) is 9.83. The monoisotopic (exact) mass is 326 g/mol. The Balaban J connectivity index is 0.00000484. The van der Waals surface area contributed by atoms with Crippen LogP contribution in [0.4, 0.5) is 0 Å². The summed E-state index contributed by atoms with van der Waals surface area (Å²) in [6.45, 7) is -4.04. The average molecular weight is 326 g/mol. The maximum Gasteiger partial charge on any atom is 1.00 e. The Hall–Kier alpha value is 0.180. The van der Waals surface area contributed by atoms with Gasteiger partial charge in [-0.05, 0) is 0 Å². The van der Waals surface area contributed by atoms with E-state index in [2.05, 4.69) is 4.18 Å². The number of rotatable bonds is 4. The SMILES string of the molecule is [2H]C([2H])([2H])C(=O)N[C@H]1[C@@H](O)[C@H](O)C(COS(=O)(=O)[O-])O[C@H]1O.[Na+]. The number of hydrogen-bond acceptors (Lipinski definition) is 9. The molecule has 1 unspecified atom stereocenters. The summed E-state index contributed by atoms with van der Waals surface area (Å²) >= 11 is 0. The van der Waals surface area contributed by atoms with Crippen LogP contribution in [0.15, 0.2) is 0 Å². The average Bonchev–Trinajstić information content (AvgIpc) is 2.34. The van der Waals surface area contributed by atoms with Gasteiger partial charge in [-0.2, -0.15) is 0 Å². The number of carbonyl (C=O) groups is 1. The molecule has 20 heavy (non-hydrogen) atoms. The molecule has 4 N–H and O–H groups in total. The molecule has 0 aromatic rings. The quantitative estimate of drug-likeness (QED) is 0.223. The second-order valence-electron chi connectivity index (χ2n) is 3.74. The number of ether oxygens (including phenoxy) is 1. The topological polar surface area (TPSA) is 165 Å². The normalized spacial score (nSPS) is 37.0. The van der Waals surface area contributed by atoms with Crippen LogP contribution in [0, 0.1) is 0 Å². The van der Waals surface area contributed by atoms with Crippen molar-refractivity contribution in [1.82, 2.24) is 5.32 Å². The van der Waals surface area contributed by atoms with Crippen LogP contribution in [0.1, 0.15) is 11.0 Å². The molecule has 5 atom stereocenters. The molecule has 1 amide bonds. The third-order valence-corrected chi connectivity index (χ3v) is 2.82. The zero-order valence-corrected chi connectivity index (χ0v) is 13.1. The van der Waals surface area contributed by atoms with Crippen molar-refractivity contribution in [2.45, 2.75) is 37.5 Å². The molecule has 1 fully saturated rings. The van der Waals surface area contributed by atoms with Crippen LogP contribution in [-0.4, -0.2) is 71.4 Å². The molecular weight excluding hydrogens is 309 g/mol. The van der Waals surface area contributed by atoms with Gasteiger partial charge in [0, 0.05) is 11.0 Å². The molecule has 1 aliphatic rings. The zero-order valence-electron chi connectivity index (χ0n) is 13.3. The predicted octanol–water partition coefficient (Wildman–Crippen LogP) is -6.59. The number of aliphatic hydroxyl groups is 3. The van der Waals surface area contributed by atoms with Gasteiger partial charge in [-0.3, -0.25) is 8.98 Å². The molecule has 1 saturated heterocycles. The number of nitrogens with one attached hydrogen (secondary N) is 1. The molecule has 0 radical (unpaired) electrons. The van der Waals surface area contributed by atoms with Gasteiger partial charge in [0.15, 0.2) is 6.29 Å². The van der Waals surface area contributed by atoms with E-state index in [-0.39, 0.29) is 29.6 Å². The van der Waals surface area contributed by atoms with Gasteiger partial charge < -0.3 is 29.9 Å². The van der Waals surface area contributed by atoms with E-state index in [1.54, 1.807) is 5.32 Å². The Morgan fingerprint density at radius 2 is 2.05 bits per heavy atom. The van der Waals surface area contributed by atoms with Crippen molar-refractivity contribution >= 4 is 16.3 Å². The summed E-state index contributed by atoms with van der Waals surface area (Å²) in [5.41, 5.74) is 0. The van der Waals surface area contributed by atoms with Gasteiger partial charge >= 0.3 is 29.6 Å². The molecule has 1 rings (SSSR count). The van der Waals surface area contributed by atoms with Crippen LogP contribution in [0.25, 0.3) is 0 Å². The van der Waals surface area contributed by atoms with Gasteiger partial charge in [-0.1, -0.05) is 0 Å². The Labute approximate surface area is 141 Å². The second kappa shape index (κ2) is 7.98. The number of aliphatic hydroxyl groups excluding tert-OH is 3. The zero-order chi connectivity index (χ0) is 17.3. The summed E-state index contributed by atoms with van der Waals surface area (Å²) in [5.74, 6) is -1.50. The largest absolute Gasteiger partial charge is 1.00 e. The van der Waals surface area contributed by atoms with E-state index in [0.717, 1.165) is 0 Å². The van der Waals surface area contributed by atoms with Crippen molar-refractivity contribution in [3.63, 3.8) is 0 Å². The Morgan fingerprint density at radius 3 is 2.55 bits per heavy atom. The molecular formula is C8H14NNaO9S. The first-order valence-corrected chi connectivity index (χ1v) is 6.27. The fraction of sp³-hybridized carbons (Fsp3) is 0.875. The van der Waals surface area contributed by atoms with Crippen LogP contribution < -0.4 is 34.9 Å². The van der Waals surface area contributed by atoms with Crippen molar-refractivity contribution in [3.8, 4) is 0 Å². The first kappa shape index (κ1) is 15.1. The summed E-state index contributed by atoms with van der Waals surface area (Å²) in [6.07, 6.45) is -7.30. The van der Waals surface area contributed by atoms with E-state index >= 15 is 0 Å². The molecule has 112 valence electrons.